The average Bonchev–Trinajstić information content (AvgIpc) is 3.03. The molecule has 0 saturated carbocycles. The van der Waals surface area contributed by atoms with Crippen molar-refractivity contribution in [1.29, 1.82) is 0 Å². The van der Waals surface area contributed by atoms with Gasteiger partial charge in [-0.15, -0.1) is 0 Å². The molecule has 0 spiro atoms. The lowest BCUT2D eigenvalue weighted by Gasteiger charge is -2.34. The number of benzene rings is 1. The number of nitrogens with zero attached hydrogens (tertiary/aromatic N) is 4. The van der Waals surface area contributed by atoms with Gasteiger partial charge in [0.1, 0.15) is 30.6 Å². The van der Waals surface area contributed by atoms with Crippen LogP contribution in [0.15, 0.2) is 48.8 Å². The largest absolute Gasteiger partial charge is 0.480 e. The van der Waals surface area contributed by atoms with E-state index in [4.69, 9.17) is 9.72 Å². The number of aliphatic carboxylic acids is 1. The summed E-state index contributed by atoms with van der Waals surface area (Å²) in [4.78, 5) is 40.6. The van der Waals surface area contributed by atoms with Crippen LogP contribution in [-0.4, -0.2) is 57.8 Å². The van der Waals surface area contributed by atoms with E-state index in [0.29, 0.717) is 18.8 Å². The van der Waals surface area contributed by atoms with Crippen LogP contribution < -0.4 is 15.5 Å². The van der Waals surface area contributed by atoms with Gasteiger partial charge in [-0.25, -0.2) is 24.5 Å². The number of anilines is 2. The molecule has 0 aliphatic carbocycles. The summed E-state index contributed by atoms with van der Waals surface area (Å²) in [5.41, 5.74) is 5.37. The maximum atomic E-state index is 12.2. The number of hydrogen-bond donors (Lipinski definition) is 3. The first-order chi connectivity index (χ1) is 20.5. The zero-order valence-corrected chi connectivity index (χ0v) is 24.2. The molecule has 0 bridgehead atoms. The maximum Gasteiger partial charge on any atom is 0.408 e. The third kappa shape index (κ3) is 7.35. The molecule has 5 rings (SSSR count). The van der Waals surface area contributed by atoms with Crippen molar-refractivity contribution < 1.29 is 19.4 Å². The van der Waals surface area contributed by atoms with Crippen molar-refractivity contribution in [2.45, 2.75) is 76.9 Å². The van der Waals surface area contributed by atoms with Crippen LogP contribution in [0.2, 0.25) is 0 Å². The number of carbonyl (C=O) groups excluding carboxylic acids is 1. The standard InChI is InChI=1S/C32H40N6O4/c1-2-25-27(11-6-12-28(31(39)40)37-32(41)42-20-22-8-4-3-5-9-22)34-21-35-30(25)38-18-15-23(16-19-38)26-14-13-24-10-7-17-33-29(24)36-26/h3-5,8-9,13-14,21,23,28H,2,6-7,10-12,15-20H2,1H3,(H,33,36)(H,37,41)(H,39,40)/t28-/m0/s1. The third-order valence-electron chi connectivity index (χ3n) is 8.20. The predicted molar refractivity (Wildman–Crippen MR) is 161 cm³/mol. The van der Waals surface area contributed by atoms with Crippen LogP contribution in [0.3, 0.4) is 0 Å². The van der Waals surface area contributed by atoms with Gasteiger partial charge in [0.25, 0.3) is 0 Å². The maximum absolute atomic E-state index is 12.2. The lowest BCUT2D eigenvalue weighted by molar-refractivity contribution is -0.139. The van der Waals surface area contributed by atoms with Gasteiger partial charge < -0.3 is 25.4 Å². The topological polar surface area (TPSA) is 130 Å². The van der Waals surface area contributed by atoms with Gasteiger partial charge in [-0.3, -0.25) is 0 Å². The summed E-state index contributed by atoms with van der Waals surface area (Å²) in [7, 11) is 0. The van der Waals surface area contributed by atoms with E-state index < -0.39 is 18.1 Å². The van der Waals surface area contributed by atoms with Gasteiger partial charge in [0, 0.05) is 42.5 Å². The molecule has 42 heavy (non-hydrogen) atoms. The summed E-state index contributed by atoms with van der Waals surface area (Å²) in [5, 5.41) is 15.6. The molecule has 1 fully saturated rings. The monoisotopic (exact) mass is 572 g/mol. The molecule has 0 unspecified atom stereocenters. The number of carboxylic acid groups (broad SMARTS) is 1. The van der Waals surface area contributed by atoms with E-state index in [1.54, 1.807) is 6.33 Å². The molecule has 0 radical (unpaired) electrons. The zero-order chi connectivity index (χ0) is 29.3. The molecular formula is C32H40N6O4. The Labute approximate surface area is 246 Å². The third-order valence-corrected chi connectivity index (χ3v) is 8.20. The number of ether oxygens (including phenoxy) is 1. The summed E-state index contributed by atoms with van der Waals surface area (Å²) in [6.07, 6.45) is 7.37. The molecule has 2 aliphatic rings. The van der Waals surface area contributed by atoms with Gasteiger partial charge in [0.15, 0.2) is 0 Å². The molecule has 2 aromatic heterocycles. The first kappa shape index (κ1) is 29.3. The number of carbonyl (C=O) groups is 2. The van der Waals surface area contributed by atoms with E-state index in [1.807, 2.05) is 30.3 Å². The van der Waals surface area contributed by atoms with Gasteiger partial charge in [0.2, 0.25) is 0 Å². The second-order valence-electron chi connectivity index (χ2n) is 11.0. The normalized spacial score (nSPS) is 15.8. The van der Waals surface area contributed by atoms with Crippen LogP contribution in [0.25, 0.3) is 0 Å². The van der Waals surface area contributed by atoms with E-state index in [9.17, 15) is 14.7 Å². The summed E-state index contributed by atoms with van der Waals surface area (Å²) < 4.78 is 5.21. The Bertz CT molecular complexity index is 1360. The predicted octanol–water partition coefficient (Wildman–Crippen LogP) is 4.88. The molecule has 1 saturated heterocycles. The number of amides is 1. The van der Waals surface area contributed by atoms with E-state index in [0.717, 1.165) is 80.2 Å². The number of carboxylic acids is 1. The fourth-order valence-electron chi connectivity index (χ4n) is 5.88. The number of pyridine rings is 1. The Kier molecular flexibility index (Phi) is 9.84. The van der Waals surface area contributed by atoms with Crippen LogP contribution in [0.5, 0.6) is 0 Å². The molecule has 2 aliphatic heterocycles. The number of nitrogens with one attached hydrogen (secondary N) is 2. The number of fused-ring (bicyclic) bond motifs is 1. The lowest BCUT2D eigenvalue weighted by atomic mass is 9.91. The van der Waals surface area contributed by atoms with E-state index in [-0.39, 0.29) is 13.0 Å². The second kappa shape index (κ2) is 14.1. The smallest absolute Gasteiger partial charge is 0.408 e. The number of aromatic nitrogens is 3. The van der Waals surface area contributed by atoms with Crippen molar-refractivity contribution in [2.75, 3.05) is 29.9 Å². The number of hydrogen-bond acceptors (Lipinski definition) is 8. The zero-order valence-electron chi connectivity index (χ0n) is 24.2. The van der Waals surface area contributed by atoms with Crippen LogP contribution in [0, 0.1) is 0 Å². The van der Waals surface area contributed by atoms with Gasteiger partial charge in [0.05, 0.1) is 0 Å². The van der Waals surface area contributed by atoms with Gasteiger partial charge >= 0.3 is 12.1 Å². The average molecular weight is 573 g/mol. The fraction of sp³-hybridized carbons (Fsp3) is 0.469. The van der Waals surface area contributed by atoms with Crippen molar-refractivity contribution in [1.82, 2.24) is 20.3 Å². The number of aryl methyl sites for hydroxylation is 2. The first-order valence-electron chi connectivity index (χ1n) is 15.0. The number of alkyl carbamates (subject to hydrolysis) is 1. The molecule has 10 nitrogen and oxygen atoms in total. The number of piperidine rings is 1. The van der Waals surface area contributed by atoms with Crippen molar-refractivity contribution in [3.05, 3.63) is 76.9 Å². The number of rotatable bonds is 11. The van der Waals surface area contributed by atoms with E-state index in [1.165, 1.54) is 11.3 Å². The Hall–Kier alpha value is -4.21. The summed E-state index contributed by atoms with van der Waals surface area (Å²) >= 11 is 0. The SMILES string of the molecule is CCc1c(CCC[C@H](NC(=O)OCc2ccccc2)C(=O)O)ncnc1N1CCC(c2ccc3c(n2)NCCC3)CC1. The van der Waals surface area contributed by atoms with Crippen molar-refractivity contribution in [3.8, 4) is 0 Å². The Balaban J connectivity index is 1.14. The van der Waals surface area contributed by atoms with Crippen molar-refractivity contribution >= 4 is 23.7 Å². The highest BCUT2D eigenvalue weighted by Crippen LogP contribution is 2.33. The van der Waals surface area contributed by atoms with Gasteiger partial charge in [-0.1, -0.05) is 43.3 Å². The molecule has 222 valence electrons. The van der Waals surface area contributed by atoms with Crippen LogP contribution in [0.4, 0.5) is 16.4 Å². The second-order valence-corrected chi connectivity index (χ2v) is 11.0. The lowest BCUT2D eigenvalue weighted by Crippen LogP contribution is -2.41. The Morgan fingerprint density at radius 1 is 1.14 bits per heavy atom. The summed E-state index contributed by atoms with van der Waals surface area (Å²) in [6, 6.07) is 12.7. The van der Waals surface area contributed by atoms with E-state index >= 15 is 0 Å². The Morgan fingerprint density at radius 3 is 2.71 bits per heavy atom. The highest BCUT2D eigenvalue weighted by molar-refractivity contribution is 5.79. The molecular weight excluding hydrogens is 532 g/mol. The highest BCUT2D eigenvalue weighted by atomic mass is 16.5. The van der Waals surface area contributed by atoms with Crippen LogP contribution in [0.1, 0.15) is 73.0 Å². The molecule has 1 aromatic carbocycles. The van der Waals surface area contributed by atoms with Gasteiger partial charge in [-0.05, 0) is 68.6 Å². The molecule has 1 atom stereocenters. The minimum Gasteiger partial charge on any atom is -0.480 e. The quantitative estimate of drug-likeness (QED) is 0.294. The fourth-order valence-corrected chi connectivity index (χ4v) is 5.88. The Morgan fingerprint density at radius 2 is 1.95 bits per heavy atom. The van der Waals surface area contributed by atoms with Crippen molar-refractivity contribution in [2.24, 2.45) is 0 Å². The van der Waals surface area contributed by atoms with Crippen LogP contribution >= 0.6 is 0 Å². The minimum atomic E-state index is -1.09. The molecule has 1 amide bonds. The van der Waals surface area contributed by atoms with Crippen molar-refractivity contribution in [3.63, 3.8) is 0 Å². The summed E-state index contributed by atoms with van der Waals surface area (Å²) in [5.74, 6) is 1.37. The highest BCUT2D eigenvalue weighted by Gasteiger charge is 2.26. The van der Waals surface area contributed by atoms with E-state index in [2.05, 4.69) is 44.6 Å². The van der Waals surface area contributed by atoms with Gasteiger partial charge in [-0.2, -0.15) is 0 Å². The molecule has 4 heterocycles. The molecule has 3 N–H and O–H groups in total. The summed E-state index contributed by atoms with van der Waals surface area (Å²) in [6.45, 7) is 4.98. The molecule has 10 heteroatoms. The first-order valence-corrected chi connectivity index (χ1v) is 15.0. The van der Waals surface area contributed by atoms with Crippen LogP contribution in [-0.2, 0) is 35.4 Å². The molecule has 3 aromatic rings. The minimum absolute atomic E-state index is 0.0842.